The molecule has 6 nitrogen and oxygen atoms in total. The summed E-state index contributed by atoms with van der Waals surface area (Å²) in [6, 6.07) is 5.88. The number of aromatic nitrogens is 4. The van der Waals surface area contributed by atoms with Gasteiger partial charge in [0.05, 0.1) is 5.39 Å². The van der Waals surface area contributed by atoms with Crippen molar-refractivity contribution < 1.29 is 0 Å². The van der Waals surface area contributed by atoms with E-state index in [0.717, 1.165) is 26.3 Å². The second-order valence-corrected chi connectivity index (χ2v) is 8.09. The summed E-state index contributed by atoms with van der Waals surface area (Å²) in [4.78, 5) is 34.4. The fourth-order valence-corrected chi connectivity index (χ4v) is 4.45. The van der Waals surface area contributed by atoms with E-state index in [1.807, 2.05) is 24.4 Å². The molecule has 4 aromatic rings. The van der Waals surface area contributed by atoms with Crippen molar-refractivity contribution in [3.05, 3.63) is 61.9 Å². The summed E-state index contributed by atoms with van der Waals surface area (Å²) in [7, 11) is 1.55. The molecule has 0 amide bonds. The van der Waals surface area contributed by atoms with E-state index in [2.05, 4.69) is 23.8 Å². The molecular weight excluding hydrogens is 348 g/mol. The molecule has 4 rings (SSSR count). The first-order valence-electron chi connectivity index (χ1n) is 8.59. The van der Waals surface area contributed by atoms with E-state index in [9.17, 15) is 9.59 Å². The Hall–Kier alpha value is -2.67. The number of hydrogen-bond donors (Lipinski definition) is 1. The summed E-state index contributed by atoms with van der Waals surface area (Å²) in [5.41, 5.74) is 1.51. The number of nitrogens with one attached hydrogen (secondary N) is 1. The maximum absolute atomic E-state index is 12.6. The molecule has 0 aliphatic carbocycles. The van der Waals surface area contributed by atoms with E-state index < -0.39 is 0 Å². The highest BCUT2D eigenvalue weighted by Crippen LogP contribution is 2.27. The molecule has 4 heterocycles. The zero-order chi connectivity index (χ0) is 18.4. The summed E-state index contributed by atoms with van der Waals surface area (Å²) in [5.74, 6) is 0.318. The molecule has 0 unspecified atom stereocenters. The van der Waals surface area contributed by atoms with Gasteiger partial charge in [0, 0.05) is 42.7 Å². The third-order valence-electron chi connectivity index (χ3n) is 4.51. The third kappa shape index (κ3) is 2.68. The number of H-pyrrole nitrogens is 1. The lowest BCUT2D eigenvalue weighted by Gasteiger charge is -2.11. The number of nitrogens with zero attached hydrogens (tertiary/aromatic N) is 3. The van der Waals surface area contributed by atoms with Crippen LogP contribution in [0.5, 0.6) is 0 Å². The van der Waals surface area contributed by atoms with Crippen LogP contribution < -0.4 is 11.2 Å². The monoisotopic (exact) mass is 368 g/mol. The summed E-state index contributed by atoms with van der Waals surface area (Å²) in [6.45, 7) is 4.73. The Balaban J connectivity index is 1.86. The molecule has 7 heteroatoms. The molecule has 4 aromatic heterocycles. The van der Waals surface area contributed by atoms with E-state index in [1.54, 1.807) is 17.8 Å². The van der Waals surface area contributed by atoms with E-state index in [4.69, 9.17) is 0 Å². The first-order chi connectivity index (χ1) is 12.5. The van der Waals surface area contributed by atoms with Gasteiger partial charge in [-0.2, -0.15) is 0 Å². The van der Waals surface area contributed by atoms with Crippen LogP contribution in [0.1, 0.15) is 24.3 Å². The second kappa shape index (κ2) is 6.25. The van der Waals surface area contributed by atoms with E-state index >= 15 is 0 Å². The quantitative estimate of drug-likeness (QED) is 0.602. The van der Waals surface area contributed by atoms with Gasteiger partial charge in [-0.15, -0.1) is 11.3 Å². The maximum atomic E-state index is 12.6. The van der Waals surface area contributed by atoms with Crippen molar-refractivity contribution in [1.29, 1.82) is 0 Å². The Labute approximate surface area is 153 Å². The molecule has 1 N–H and O–H groups in total. The van der Waals surface area contributed by atoms with Crippen molar-refractivity contribution in [1.82, 2.24) is 19.1 Å². The van der Waals surface area contributed by atoms with Crippen LogP contribution in [-0.2, 0) is 20.0 Å². The van der Waals surface area contributed by atoms with Gasteiger partial charge >= 0.3 is 5.69 Å². The summed E-state index contributed by atoms with van der Waals surface area (Å²) in [6.07, 6.45) is 4.42. The molecule has 0 saturated heterocycles. The van der Waals surface area contributed by atoms with E-state index in [-0.39, 0.29) is 11.2 Å². The molecule has 0 aliphatic rings. The van der Waals surface area contributed by atoms with Crippen LogP contribution in [0.2, 0.25) is 0 Å². The minimum absolute atomic E-state index is 0.229. The van der Waals surface area contributed by atoms with Crippen molar-refractivity contribution in [2.24, 2.45) is 13.0 Å². The highest BCUT2D eigenvalue weighted by atomic mass is 32.1. The fourth-order valence-electron chi connectivity index (χ4n) is 3.28. The molecule has 26 heavy (non-hydrogen) atoms. The lowest BCUT2D eigenvalue weighted by molar-refractivity contribution is 0.504. The van der Waals surface area contributed by atoms with Crippen LogP contribution in [0.4, 0.5) is 0 Å². The lowest BCUT2D eigenvalue weighted by Crippen LogP contribution is -2.38. The zero-order valence-corrected chi connectivity index (χ0v) is 15.8. The Kier molecular flexibility index (Phi) is 4.03. The molecule has 0 bridgehead atoms. The van der Waals surface area contributed by atoms with Crippen molar-refractivity contribution in [2.75, 3.05) is 0 Å². The molecular formula is C19H20N4O2S. The van der Waals surface area contributed by atoms with Crippen molar-refractivity contribution in [3.8, 4) is 0 Å². The SMILES string of the molecule is CC(C)Cn1c(=O)n(C)c(=O)c2cc(Cc3c[nH]c4ncccc34)sc21. The highest BCUT2D eigenvalue weighted by molar-refractivity contribution is 7.18. The zero-order valence-electron chi connectivity index (χ0n) is 14.9. The molecule has 134 valence electrons. The number of fused-ring (bicyclic) bond motifs is 2. The number of rotatable bonds is 4. The van der Waals surface area contributed by atoms with Crippen molar-refractivity contribution >= 4 is 32.6 Å². The van der Waals surface area contributed by atoms with Gasteiger partial charge in [-0.3, -0.25) is 13.9 Å². The predicted molar refractivity (Wildman–Crippen MR) is 105 cm³/mol. The van der Waals surface area contributed by atoms with Crippen LogP contribution in [0.25, 0.3) is 21.3 Å². The number of hydrogen-bond acceptors (Lipinski definition) is 4. The van der Waals surface area contributed by atoms with Crippen LogP contribution in [0.3, 0.4) is 0 Å². The van der Waals surface area contributed by atoms with Gasteiger partial charge < -0.3 is 4.98 Å². The van der Waals surface area contributed by atoms with Crippen LogP contribution in [0.15, 0.2) is 40.2 Å². The second-order valence-electron chi connectivity index (χ2n) is 6.97. The molecule has 0 radical (unpaired) electrons. The van der Waals surface area contributed by atoms with E-state index in [1.165, 1.54) is 15.9 Å². The minimum atomic E-state index is -0.249. The maximum Gasteiger partial charge on any atom is 0.331 e. The first-order valence-corrected chi connectivity index (χ1v) is 9.40. The largest absolute Gasteiger partial charge is 0.346 e. The number of pyridine rings is 1. The van der Waals surface area contributed by atoms with Crippen molar-refractivity contribution in [2.45, 2.75) is 26.8 Å². The molecule has 0 fully saturated rings. The standard InChI is InChI=1S/C19H20N4O2S/c1-11(2)10-23-18-15(17(24)22(3)19(23)25)8-13(26-18)7-12-9-21-16-14(12)5-4-6-20-16/h4-6,8-9,11H,7,10H2,1-3H3,(H,20,21). The van der Waals surface area contributed by atoms with Gasteiger partial charge in [-0.1, -0.05) is 13.8 Å². The van der Waals surface area contributed by atoms with Crippen LogP contribution >= 0.6 is 11.3 Å². The van der Waals surface area contributed by atoms with E-state index in [0.29, 0.717) is 24.3 Å². The van der Waals surface area contributed by atoms with Gasteiger partial charge in [-0.05, 0) is 29.7 Å². The normalized spacial score (nSPS) is 11.8. The van der Waals surface area contributed by atoms with Gasteiger partial charge in [0.2, 0.25) is 0 Å². The Bertz CT molecular complexity index is 1230. The average molecular weight is 368 g/mol. The Morgan fingerprint density at radius 3 is 2.85 bits per heavy atom. The smallest absolute Gasteiger partial charge is 0.331 e. The summed E-state index contributed by atoms with van der Waals surface area (Å²) < 4.78 is 2.93. The van der Waals surface area contributed by atoms with Gasteiger partial charge in [0.15, 0.2) is 0 Å². The summed E-state index contributed by atoms with van der Waals surface area (Å²) in [5, 5.41) is 1.70. The third-order valence-corrected chi connectivity index (χ3v) is 5.67. The highest BCUT2D eigenvalue weighted by Gasteiger charge is 2.16. The van der Waals surface area contributed by atoms with Gasteiger partial charge in [-0.25, -0.2) is 9.78 Å². The first kappa shape index (κ1) is 16.8. The van der Waals surface area contributed by atoms with Gasteiger partial charge in [0.1, 0.15) is 10.5 Å². The molecule has 0 aliphatic heterocycles. The molecule has 0 aromatic carbocycles. The Morgan fingerprint density at radius 1 is 1.27 bits per heavy atom. The molecule has 0 saturated carbocycles. The predicted octanol–water partition coefficient (Wildman–Crippen LogP) is 2.88. The molecule has 0 spiro atoms. The Morgan fingerprint density at radius 2 is 2.08 bits per heavy atom. The number of aromatic amines is 1. The topological polar surface area (TPSA) is 72.7 Å². The van der Waals surface area contributed by atoms with Crippen LogP contribution in [-0.4, -0.2) is 19.1 Å². The summed E-state index contributed by atoms with van der Waals surface area (Å²) >= 11 is 1.53. The minimum Gasteiger partial charge on any atom is -0.346 e. The van der Waals surface area contributed by atoms with Gasteiger partial charge in [0.25, 0.3) is 5.56 Å². The fraction of sp³-hybridized carbons (Fsp3) is 0.316. The van der Waals surface area contributed by atoms with Crippen LogP contribution in [0, 0.1) is 5.92 Å². The number of thiophene rings is 1. The molecule has 0 atom stereocenters. The van der Waals surface area contributed by atoms with Crippen molar-refractivity contribution in [3.63, 3.8) is 0 Å². The average Bonchev–Trinajstić information content (AvgIpc) is 3.22. The lowest BCUT2D eigenvalue weighted by atomic mass is 10.1.